The lowest BCUT2D eigenvalue weighted by Crippen LogP contribution is -2.51. The van der Waals surface area contributed by atoms with E-state index >= 15 is 0 Å². The van der Waals surface area contributed by atoms with E-state index in [2.05, 4.69) is 21.2 Å². The average Bonchev–Trinajstić information content (AvgIpc) is 2.94. The predicted molar refractivity (Wildman–Crippen MR) is 166 cm³/mol. The Balaban J connectivity index is 2.06. The minimum atomic E-state index is -4.25. The van der Waals surface area contributed by atoms with Crippen molar-refractivity contribution in [2.24, 2.45) is 5.92 Å². The second-order valence-electron chi connectivity index (χ2n) is 9.83. The molecule has 3 aromatic carbocycles. The standard InChI is InChI=1S/C30H35BrClN3O5S/c1-5-40-28-9-7-6-8-27(28)35(41(38,39)26-16-14-25(32)15-17-26)20-29(36)34(19-23-10-12-24(31)13-11-23)22(4)30(37)33-18-21(2)3/h6-17,21-22H,5,18-20H2,1-4H3,(H,33,37)/t22-/m0/s1. The van der Waals surface area contributed by atoms with E-state index in [9.17, 15) is 18.0 Å². The van der Waals surface area contributed by atoms with Crippen LogP contribution in [0.5, 0.6) is 5.75 Å². The Bertz CT molecular complexity index is 1430. The topological polar surface area (TPSA) is 96.0 Å². The Hall–Kier alpha value is -3.08. The molecule has 0 aliphatic heterocycles. The van der Waals surface area contributed by atoms with Gasteiger partial charge in [0.05, 0.1) is 17.2 Å². The van der Waals surface area contributed by atoms with Gasteiger partial charge in [-0.05, 0) is 73.9 Å². The zero-order valence-corrected chi connectivity index (χ0v) is 26.7. The van der Waals surface area contributed by atoms with Crippen molar-refractivity contribution in [3.05, 3.63) is 87.9 Å². The van der Waals surface area contributed by atoms with Crippen molar-refractivity contribution in [3.8, 4) is 5.75 Å². The minimum Gasteiger partial charge on any atom is -0.492 e. The molecule has 1 atom stereocenters. The van der Waals surface area contributed by atoms with Crippen LogP contribution in [0.3, 0.4) is 0 Å². The molecule has 8 nitrogen and oxygen atoms in total. The Morgan fingerprint density at radius 1 is 0.976 bits per heavy atom. The maximum Gasteiger partial charge on any atom is 0.264 e. The average molecular weight is 665 g/mol. The number of sulfonamides is 1. The fourth-order valence-corrected chi connectivity index (χ4v) is 5.82. The van der Waals surface area contributed by atoms with E-state index in [1.807, 2.05) is 38.1 Å². The second kappa shape index (κ2) is 14.7. The monoisotopic (exact) mass is 663 g/mol. The first-order valence-electron chi connectivity index (χ1n) is 13.3. The number of nitrogens with zero attached hydrogens (tertiary/aromatic N) is 2. The van der Waals surface area contributed by atoms with Crippen LogP contribution in [0.1, 0.15) is 33.3 Å². The van der Waals surface area contributed by atoms with Gasteiger partial charge >= 0.3 is 0 Å². The molecule has 0 heterocycles. The van der Waals surface area contributed by atoms with E-state index in [4.69, 9.17) is 16.3 Å². The highest BCUT2D eigenvalue weighted by molar-refractivity contribution is 9.10. The highest BCUT2D eigenvalue weighted by Crippen LogP contribution is 2.33. The third-order valence-corrected chi connectivity index (χ3v) is 8.79. The van der Waals surface area contributed by atoms with Crippen LogP contribution in [0.2, 0.25) is 5.02 Å². The van der Waals surface area contributed by atoms with Gasteiger partial charge in [0.25, 0.3) is 10.0 Å². The maximum atomic E-state index is 14.1. The van der Waals surface area contributed by atoms with Crippen LogP contribution >= 0.6 is 27.5 Å². The van der Waals surface area contributed by atoms with E-state index in [-0.39, 0.29) is 29.0 Å². The van der Waals surface area contributed by atoms with E-state index in [1.165, 1.54) is 29.2 Å². The van der Waals surface area contributed by atoms with Gasteiger partial charge in [-0.2, -0.15) is 0 Å². The van der Waals surface area contributed by atoms with Crippen LogP contribution in [-0.2, 0) is 26.2 Å². The van der Waals surface area contributed by atoms with Gasteiger partial charge < -0.3 is 15.0 Å². The highest BCUT2D eigenvalue weighted by Gasteiger charge is 2.33. The molecular formula is C30H35BrClN3O5S. The molecule has 11 heteroatoms. The summed E-state index contributed by atoms with van der Waals surface area (Å²) in [5.41, 5.74) is 0.991. The number of hydrogen-bond donors (Lipinski definition) is 1. The number of ether oxygens (including phenoxy) is 1. The summed E-state index contributed by atoms with van der Waals surface area (Å²) in [5.74, 6) is -0.352. The molecule has 0 spiro atoms. The van der Waals surface area contributed by atoms with Gasteiger partial charge in [0.2, 0.25) is 11.8 Å². The highest BCUT2D eigenvalue weighted by atomic mass is 79.9. The summed E-state index contributed by atoms with van der Waals surface area (Å²) in [6.07, 6.45) is 0. The van der Waals surface area contributed by atoms with Crippen LogP contribution < -0.4 is 14.4 Å². The van der Waals surface area contributed by atoms with E-state index in [1.54, 1.807) is 38.1 Å². The molecule has 2 amide bonds. The molecule has 220 valence electrons. The van der Waals surface area contributed by atoms with Crippen LogP contribution in [-0.4, -0.2) is 50.9 Å². The first-order valence-corrected chi connectivity index (χ1v) is 15.9. The number of carbonyl (C=O) groups excluding carboxylic acids is 2. The molecular weight excluding hydrogens is 630 g/mol. The Morgan fingerprint density at radius 2 is 1.61 bits per heavy atom. The molecule has 3 aromatic rings. The van der Waals surface area contributed by atoms with Crippen molar-refractivity contribution in [3.63, 3.8) is 0 Å². The molecule has 0 aromatic heterocycles. The van der Waals surface area contributed by atoms with Crippen molar-refractivity contribution in [1.29, 1.82) is 0 Å². The zero-order valence-electron chi connectivity index (χ0n) is 23.5. The molecule has 0 fully saturated rings. The van der Waals surface area contributed by atoms with Gasteiger partial charge in [-0.3, -0.25) is 13.9 Å². The molecule has 0 saturated carbocycles. The van der Waals surface area contributed by atoms with Gasteiger partial charge in [0.15, 0.2) is 0 Å². The second-order valence-corrected chi connectivity index (χ2v) is 13.0. The van der Waals surface area contributed by atoms with Gasteiger partial charge in [-0.25, -0.2) is 8.42 Å². The summed E-state index contributed by atoms with van der Waals surface area (Å²) in [6.45, 7) is 7.66. The Labute approximate surface area is 255 Å². The number of amides is 2. The molecule has 41 heavy (non-hydrogen) atoms. The molecule has 1 N–H and O–H groups in total. The summed E-state index contributed by atoms with van der Waals surface area (Å²) in [6, 6.07) is 18.9. The number of hydrogen-bond acceptors (Lipinski definition) is 5. The smallest absolute Gasteiger partial charge is 0.264 e. The minimum absolute atomic E-state index is 0.0387. The SMILES string of the molecule is CCOc1ccccc1N(CC(=O)N(Cc1ccc(Br)cc1)[C@@H](C)C(=O)NCC(C)C)S(=O)(=O)c1ccc(Cl)cc1. The number of benzene rings is 3. The molecule has 0 unspecified atom stereocenters. The van der Waals surface area contributed by atoms with Crippen LogP contribution in [0, 0.1) is 5.92 Å². The van der Waals surface area contributed by atoms with E-state index in [0.717, 1.165) is 14.3 Å². The zero-order chi connectivity index (χ0) is 30.2. The molecule has 3 rings (SSSR count). The van der Waals surface area contributed by atoms with Gasteiger partial charge in [0.1, 0.15) is 18.3 Å². The predicted octanol–water partition coefficient (Wildman–Crippen LogP) is 5.89. The number of anilines is 1. The van der Waals surface area contributed by atoms with Crippen LogP contribution in [0.25, 0.3) is 0 Å². The van der Waals surface area contributed by atoms with Crippen molar-refractivity contribution in [2.45, 2.75) is 45.2 Å². The summed E-state index contributed by atoms with van der Waals surface area (Å²) in [4.78, 5) is 28.5. The fraction of sp³-hybridized carbons (Fsp3) is 0.333. The third-order valence-electron chi connectivity index (χ3n) is 6.23. The van der Waals surface area contributed by atoms with Crippen LogP contribution in [0.4, 0.5) is 5.69 Å². The van der Waals surface area contributed by atoms with E-state index < -0.39 is 28.5 Å². The quantitative estimate of drug-likeness (QED) is 0.246. The van der Waals surface area contributed by atoms with Crippen molar-refractivity contribution in [1.82, 2.24) is 10.2 Å². The number of rotatable bonds is 13. The number of halogens is 2. The largest absolute Gasteiger partial charge is 0.492 e. The van der Waals surface area contributed by atoms with Crippen molar-refractivity contribution in [2.75, 3.05) is 24.0 Å². The van der Waals surface area contributed by atoms with Crippen molar-refractivity contribution < 1.29 is 22.7 Å². The molecule has 0 radical (unpaired) electrons. The molecule has 0 saturated heterocycles. The van der Waals surface area contributed by atoms with Crippen molar-refractivity contribution >= 4 is 55.1 Å². The number of para-hydroxylation sites is 2. The first kappa shape index (κ1) is 32.4. The summed E-state index contributed by atoms with van der Waals surface area (Å²) in [5, 5.41) is 3.26. The lowest BCUT2D eigenvalue weighted by Gasteiger charge is -2.32. The lowest BCUT2D eigenvalue weighted by molar-refractivity contribution is -0.139. The summed E-state index contributed by atoms with van der Waals surface area (Å²) in [7, 11) is -4.25. The maximum absolute atomic E-state index is 14.1. The number of carbonyl (C=O) groups is 2. The van der Waals surface area contributed by atoms with Gasteiger partial charge in [0, 0.05) is 22.6 Å². The normalized spacial score (nSPS) is 12.1. The van der Waals surface area contributed by atoms with Gasteiger partial charge in [-0.1, -0.05) is 65.6 Å². The summed E-state index contributed by atoms with van der Waals surface area (Å²) < 4.78 is 35.6. The fourth-order valence-electron chi connectivity index (χ4n) is 4.01. The molecule has 0 aliphatic carbocycles. The lowest BCUT2D eigenvalue weighted by atomic mass is 10.1. The summed E-state index contributed by atoms with van der Waals surface area (Å²) >= 11 is 9.43. The van der Waals surface area contributed by atoms with E-state index in [0.29, 0.717) is 23.9 Å². The molecule has 0 aliphatic rings. The Morgan fingerprint density at radius 3 is 2.22 bits per heavy atom. The third kappa shape index (κ3) is 8.70. The molecule has 0 bridgehead atoms. The first-order chi connectivity index (χ1) is 19.4. The number of nitrogens with one attached hydrogen (secondary N) is 1. The van der Waals surface area contributed by atoms with Gasteiger partial charge in [-0.15, -0.1) is 0 Å². The Kier molecular flexibility index (Phi) is 11.6. The van der Waals surface area contributed by atoms with Crippen LogP contribution in [0.15, 0.2) is 82.2 Å².